The van der Waals surface area contributed by atoms with E-state index in [2.05, 4.69) is 125 Å². The summed E-state index contributed by atoms with van der Waals surface area (Å²) in [6.07, 6.45) is 3.84. The Labute approximate surface area is 231 Å². The van der Waals surface area contributed by atoms with Gasteiger partial charge in [0.05, 0.1) is 0 Å². The van der Waals surface area contributed by atoms with Gasteiger partial charge in [0.15, 0.2) is 0 Å². The Morgan fingerprint density at radius 3 is 2.31 bits per heavy atom. The van der Waals surface area contributed by atoms with Gasteiger partial charge in [0.1, 0.15) is 0 Å². The standard InChI is InChI=1S/C35H29GeN3/c1-36(2,3)27-18-20-37-32(23-27)26-10-6-12-28(21-26)39-33-15-5-4-13-30(33)31-17-16-25(22-34(31)39)29-14-7-9-24-11-8-19-38-35(24)29/h4-23H,1-3H3. The number of hydrogen-bond acceptors (Lipinski definition) is 2. The van der Waals surface area contributed by atoms with Crippen LogP contribution in [0.5, 0.6) is 0 Å². The molecule has 7 aromatic rings. The summed E-state index contributed by atoms with van der Waals surface area (Å²) in [5, 5.41) is 3.65. The maximum absolute atomic E-state index is 4.77. The third-order valence-electron chi connectivity index (χ3n) is 7.64. The summed E-state index contributed by atoms with van der Waals surface area (Å²) in [6, 6.07) is 39.3. The molecule has 0 spiro atoms. The van der Waals surface area contributed by atoms with Gasteiger partial charge < -0.3 is 0 Å². The van der Waals surface area contributed by atoms with Crippen molar-refractivity contribution < 1.29 is 0 Å². The van der Waals surface area contributed by atoms with Crippen LogP contribution in [0.4, 0.5) is 0 Å². The van der Waals surface area contributed by atoms with Crippen LogP contribution in [0.3, 0.4) is 0 Å². The molecule has 188 valence electrons. The molecule has 3 aromatic heterocycles. The molecule has 0 radical (unpaired) electrons. The summed E-state index contributed by atoms with van der Waals surface area (Å²) in [5.41, 5.74) is 9.04. The Kier molecular flexibility index (Phi) is 5.64. The number of benzene rings is 4. The van der Waals surface area contributed by atoms with Crippen molar-refractivity contribution >= 4 is 50.4 Å². The van der Waals surface area contributed by atoms with Gasteiger partial charge in [-0.25, -0.2) is 0 Å². The van der Waals surface area contributed by atoms with E-state index >= 15 is 0 Å². The van der Waals surface area contributed by atoms with Gasteiger partial charge in [0.25, 0.3) is 0 Å². The summed E-state index contributed by atoms with van der Waals surface area (Å²) in [4.78, 5) is 9.49. The normalized spacial score (nSPS) is 12.0. The predicted octanol–water partition coefficient (Wildman–Crippen LogP) is 8.61. The average molecular weight is 564 g/mol. The van der Waals surface area contributed by atoms with Crippen LogP contribution in [0.1, 0.15) is 0 Å². The molecule has 4 aromatic carbocycles. The molecule has 39 heavy (non-hydrogen) atoms. The molecule has 0 N–H and O–H groups in total. The van der Waals surface area contributed by atoms with E-state index < -0.39 is 13.3 Å². The second-order valence-corrected chi connectivity index (χ2v) is 21.8. The van der Waals surface area contributed by atoms with Crippen molar-refractivity contribution in [2.45, 2.75) is 17.3 Å². The molecule has 0 aliphatic rings. The van der Waals surface area contributed by atoms with Gasteiger partial charge in [0, 0.05) is 11.6 Å². The molecule has 0 aliphatic carbocycles. The predicted molar refractivity (Wildman–Crippen MR) is 168 cm³/mol. The quantitative estimate of drug-likeness (QED) is 0.201. The molecule has 0 fully saturated rings. The van der Waals surface area contributed by atoms with E-state index in [-0.39, 0.29) is 0 Å². The summed E-state index contributed by atoms with van der Waals surface area (Å²) in [6.45, 7) is 0. The Morgan fingerprint density at radius 1 is 0.590 bits per heavy atom. The van der Waals surface area contributed by atoms with Crippen molar-refractivity contribution in [1.29, 1.82) is 0 Å². The Morgan fingerprint density at radius 2 is 1.41 bits per heavy atom. The minimum atomic E-state index is -1.97. The number of nitrogens with zero attached hydrogens (tertiary/aromatic N) is 3. The fourth-order valence-corrected chi connectivity index (χ4v) is 8.01. The SMILES string of the molecule is [CH3][Ge]([CH3])([CH3])[c]1ccnc(-c2cccc(-n3c4ccccc4c4ccc(-c5cccc6cccnc56)cc43)c2)c1. The van der Waals surface area contributed by atoms with Crippen molar-refractivity contribution in [1.82, 2.24) is 14.5 Å². The molecule has 0 saturated carbocycles. The second-order valence-electron chi connectivity index (χ2n) is 11.2. The van der Waals surface area contributed by atoms with Crippen molar-refractivity contribution in [3.8, 4) is 28.1 Å². The van der Waals surface area contributed by atoms with Crippen LogP contribution in [0.2, 0.25) is 17.3 Å². The van der Waals surface area contributed by atoms with Crippen molar-refractivity contribution in [2.75, 3.05) is 0 Å². The average Bonchev–Trinajstić information content (AvgIpc) is 3.30. The Balaban J connectivity index is 1.45. The first-order valence-electron chi connectivity index (χ1n) is 13.4. The number of hydrogen-bond donors (Lipinski definition) is 0. The topological polar surface area (TPSA) is 30.7 Å². The van der Waals surface area contributed by atoms with E-state index in [0.717, 1.165) is 33.4 Å². The summed E-state index contributed by atoms with van der Waals surface area (Å²) in [7, 11) is 0. The van der Waals surface area contributed by atoms with Gasteiger partial charge in [-0.2, -0.15) is 0 Å². The molecule has 0 bridgehead atoms. The van der Waals surface area contributed by atoms with Crippen LogP contribution in [0.25, 0.3) is 60.8 Å². The van der Waals surface area contributed by atoms with Gasteiger partial charge in [-0.1, -0.05) is 18.2 Å². The van der Waals surface area contributed by atoms with E-state index in [1.165, 1.54) is 31.8 Å². The Hall–Kier alpha value is -4.22. The third kappa shape index (κ3) is 4.14. The fourth-order valence-electron chi connectivity index (χ4n) is 5.61. The van der Waals surface area contributed by atoms with Crippen LogP contribution in [0, 0.1) is 0 Å². The third-order valence-corrected chi connectivity index (χ3v) is 11.9. The molecule has 7 rings (SSSR count). The molecular formula is C35H29GeN3. The molecular weight excluding hydrogens is 535 g/mol. The number of pyridine rings is 2. The van der Waals surface area contributed by atoms with Crippen LogP contribution in [-0.4, -0.2) is 27.8 Å². The molecule has 0 amide bonds. The van der Waals surface area contributed by atoms with Gasteiger partial charge in [0.2, 0.25) is 0 Å². The van der Waals surface area contributed by atoms with Crippen LogP contribution >= 0.6 is 0 Å². The van der Waals surface area contributed by atoms with E-state index in [4.69, 9.17) is 9.97 Å². The minimum absolute atomic E-state index is 1.03. The van der Waals surface area contributed by atoms with Crippen molar-refractivity contribution in [3.63, 3.8) is 0 Å². The van der Waals surface area contributed by atoms with Crippen LogP contribution in [0.15, 0.2) is 122 Å². The number of fused-ring (bicyclic) bond motifs is 4. The summed E-state index contributed by atoms with van der Waals surface area (Å²) < 4.78 is 3.86. The molecule has 0 aliphatic heterocycles. The van der Waals surface area contributed by atoms with E-state index in [1.807, 2.05) is 18.5 Å². The first kappa shape index (κ1) is 23.9. The molecule has 0 unspecified atom stereocenters. The maximum atomic E-state index is 4.77. The molecule has 3 nitrogen and oxygen atoms in total. The zero-order valence-corrected chi connectivity index (χ0v) is 24.5. The molecule has 4 heteroatoms. The summed E-state index contributed by atoms with van der Waals surface area (Å²) >= 11 is -1.97. The number of para-hydroxylation sites is 2. The fraction of sp³-hybridized carbons (Fsp3) is 0.0857. The first-order chi connectivity index (χ1) is 19.0. The second kappa shape index (κ2) is 9.21. The zero-order valence-electron chi connectivity index (χ0n) is 22.4. The number of rotatable bonds is 4. The van der Waals surface area contributed by atoms with E-state index in [0.29, 0.717) is 0 Å². The van der Waals surface area contributed by atoms with Gasteiger partial charge >= 0.3 is 191 Å². The molecule has 3 heterocycles. The molecule has 0 saturated heterocycles. The summed E-state index contributed by atoms with van der Waals surface area (Å²) in [5.74, 6) is 7.28. The van der Waals surface area contributed by atoms with Crippen LogP contribution < -0.4 is 4.40 Å². The van der Waals surface area contributed by atoms with Crippen molar-refractivity contribution in [3.05, 3.63) is 122 Å². The first-order valence-corrected chi connectivity index (χ1v) is 20.8. The number of aromatic nitrogens is 3. The molecule has 0 atom stereocenters. The Bertz CT molecular complexity index is 2010. The van der Waals surface area contributed by atoms with Crippen LogP contribution in [-0.2, 0) is 0 Å². The van der Waals surface area contributed by atoms with Crippen molar-refractivity contribution in [2.24, 2.45) is 0 Å². The van der Waals surface area contributed by atoms with Gasteiger partial charge in [-0.05, 0) is 6.07 Å². The van der Waals surface area contributed by atoms with Gasteiger partial charge in [-0.3, -0.25) is 4.98 Å². The van der Waals surface area contributed by atoms with E-state index in [9.17, 15) is 0 Å². The van der Waals surface area contributed by atoms with E-state index in [1.54, 1.807) is 0 Å². The zero-order chi connectivity index (χ0) is 26.6. The monoisotopic (exact) mass is 565 g/mol. The van der Waals surface area contributed by atoms with Gasteiger partial charge in [-0.15, -0.1) is 0 Å².